The summed E-state index contributed by atoms with van der Waals surface area (Å²) in [5.41, 5.74) is 4.26. The number of benzene rings is 3. The first-order chi connectivity index (χ1) is 14.2. The lowest BCUT2D eigenvalue weighted by atomic mass is 10.0. The molecule has 1 aliphatic rings. The second-order valence-corrected chi connectivity index (χ2v) is 7.23. The van der Waals surface area contributed by atoms with Crippen molar-refractivity contribution >= 4 is 11.6 Å². The molecule has 5 nitrogen and oxygen atoms in total. The van der Waals surface area contributed by atoms with Crippen molar-refractivity contribution in [2.45, 2.75) is 13.0 Å². The third kappa shape index (κ3) is 4.95. The van der Waals surface area contributed by atoms with Crippen LogP contribution in [-0.2, 0) is 17.8 Å². The quantitative estimate of drug-likeness (QED) is 0.663. The van der Waals surface area contributed by atoms with E-state index in [1.54, 1.807) is 0 Å². The minimum Gasteiger partial charge on any atom is -0.454 e. The summed E-state index contributed by atoms with van der Waals surface area (Å²) in [6, 6.07) is 24.1. The van der Waals surface area contributed by atoms with Crippen molar-refractivity contribution in [2.75, 3.05) is 25.7 Å². The van der Waals surface area contributed by atoms with Gasteiger partial charge in [0, 0.05) is 12.2 Å². The van der Waals surface area contributed by atoms with Crippen LogP contribution >= 0.6 is 0 Å². The van der Waals surface area contributed by atoms with E-state index >= 15 is 0 Å². The second kappa shape index (κ2) is 8.80. The van der Waals surface area contributed by atoms with E-state index < -0.39 is 0 Å². The van der Waals surface area contributed by atoms with E-state index in [4.69, 9.17) is 9.47 Å². The number of nitrogens with zero attached hydrogens (tertiary/aromatic N) is 1. The predicted octanol–water partition coefficient (Wildman–Crippen LogP) is 4.08. The predicted molar refractivity (Wildman–Crippen MR) is 113 cm³/mol. The number of para-hydroxylation sites is 1. The van der Waals surface area contributed by atoms with Crippen LogP contribution in [0.4, 0.5) is 5.69 Å². The highest BCUT2D eigenvalue weighted by Crippen LogP contribution is 2.32. The Kier molecular flexibility index (Phi) is 5.77. The summed E-state index contributed by atoms with van der Waals surface area (Å²) in [6.45, 7) is 1.21. The molecule has 0 radical (unpaired) electrons. The van der Waals surface area contributed by atoms with E-state index in [-0.39, 0.29) is 12.7 Å². The molecule has 0 unspecified atom stereocenters. The van der Waals surface area contributed by atoms with Gasteiger partial charge in [-0.15, -0.1) is 0 Å². The van der Waals surface area contributed by atoms with Crippen LogP contribution in [0.3, 0.4) is 0 Å². The average Bonchev–Trinajstić information content (AvgIpc) is 3.18. The highest BCUT2D eigenvalue weighted by atomic mass is 16.7. The number of nitrogens with one attached hydrogen (secondary N) is 1. The molecule has 0 fully saturated rings. The molecule has 3 aromatic rings. The number of ether oxygens (including phenoxy) is 2. The van der Waals surface area contributed by atoms with Crippen molar-refractivity contribution in [3.63, 3.8) is 0 Å². The minimum atomic E-state index is -0.0336. The van der Waals surface area contributed by atoms with E-state index in [1.165, 1.54) is 5.56 Å². The van der Waals surface area contributed by atoms with Crippen LogP contribution < -0.4 is 14.8 Å². The molecule has 5 heteroatoms. The third-order valence-electron chi connectivity index (χ3n) is 4.83. The first-order valence-electron chi connectivity index (χ1n) is 9.66. The maximum atomic E-state index is 12.6. The number of amides is 1. The summed E-state index contributed by atoms with van der Waals surface area (Å²) in [7, 11) is 1.93. The lowest BCUT2D eigenvalue weighted by molar-refractivity contribution is -0.117. The summed E-state index contributed by atoms with van der Waals surface area (Å²) >= 11 is 0. The van der Waals surface area contributed by atoms with Crippen LogP contribution in [0.15, 0.2) is 72.8 Å². The SMILES string of the molecule is CN(CC(=O)Nc1ccccc1Cc1ccccc1)Cc1ccc2c(c1)OCO2. The Morgan fingerprint density at radius 1 is 0.931 bits per heavy atom. The number of anilines is 1. The number of likely N-dealkylation sites (N-methyl/N-ethyl adjacent to an activating group) is 1. The molecule has 3 aromatic carbocycles. The van der Waals surface area contributed by atoms with E-state index in [0.29, 0.717) is 13.1 Å². The fourth-order valence-corrected chi connectivity index (χ4v) is 3.45. The Hall–Kier alpha value is -3.31. The Labute approximate surface area is 170 Å². The highest BCUT2D eigenvalue weighted by Gasteiger charge is 2.15. The molecule has 0 bridgehead atoms. The van der Waals surface area contributed by atoms with Crippen LogP contribution in [0, 0.1) is 0 Å². The van der Waals surface area contributed by atoms with Crippen LogP contribution in [0.1, 0.15) is 16.7 Å². The summed E-state index contributed by atoms with van der Waals surface area (Å²) in [5, 5.41) is 3.06. The standard InChI is InChI=1S/C24H24N2O3/c1-26(15-19-11-12-22-23(14-19)29-17-28-22)16-24(27)25-21-10-6-5-9-20(21)13-18-7-3-2-4-8-18/h2-12,14H,13,15-17H2,1H3,(H,25,27). The molecule has 1 N–H and O–H groups in total. The molecule has 1 aliphatic heterocycles. The summed E-state index contributed by atoms with van der Waals surface area (Å²) in [4.78, 5) is 14.6. The van der Waals surface area contributed by atoms with Gasteiger partial charge in [-0.1, -0.05) is 54.6 Å². The van der Waals surface area contributed by atoms with Gasteiger partial charge in [-0.05, 0) is 48.4 Å². The Balaban J connectivity index is 1.36. The summed E-state index contributed by atoms with van der Waals surface area (Å²) in [6.07, 6.45) is 0.782. The fourth-order valence-electron chi connectivity index (χ4n) is 3.45. The van der Waals surface area contributed by atoms with Crippen LogP contribution in [0.5, 0.6) is 11.5 Å². The molecular weight excluding hydrogens is 364 g/mol. The molecule has 29 heavy (non-hydrogen) atoms. The zero-order chi connectivity index (χ0) is 20.1. The summed E-state index contributed by atoms with van der Waals surface area (Å²) in [5.74, 6) is 1.49. The van der Waals surface area contributed by atoms with Gasteiger partial charge in [0.15, 0.2) is 11.5 Å². The van der Waals surface area contributed by atoms with Crippen LogP contribution in [0.2, 0.25) is 0 Å². The Morgan fingerprint density at radius 3 is 2.55 bits per heavy atom. The molecule has 0 spiro atoms. The molecule has 4 rings (SSSR count). The molecule has 0 aliphatic carbocycles. The first kappa shape index (κ1) is 19.0. The second-order valence-electron chi connectivity index (χ2n) is 7.23. The normalized spacial score (nSPS) is 12.2. The number of carbonyl (C=O) groups excluding carboxylic acids is 1. The van der Waals surface area contributed by atoms with Gasteiger partial charge in [0.25, 0.3) is 0 Å². The van der Waals surface area contributed by atoms with Gasteiger partial charge in [0.2, 0.25) is 12.7 Å². The van der Waals surface area contributed by atoms with Gasteiger partial charge in [-0.2, -0.15) is 0 Å². The van der Waals surface area contributed by atoms with Crippen molar-refractivity contribution in [1.29, 1.82) is 0 Å². The molecule has 148 valence electrons. The number of fused-ring (bicyclic) bond motifs is 1. The molecule has 0 aromatic heterocycles. The first-order valence-corrected chi connectivity index (χ1v) is 9.66. The van der Waals surface area contributed by atoms with Gasteiger partial charge in [-0.3, -0.25) is 9.69 Å². The fraction of sp³-hybridized carbons (Fsp3) is 0.208. The van der Waals surface area contributed by atoms with Crippen molar-refractivity contribution in [3.8, 4) is 11.5 Å². The maximum absolute atomic E-state index is 12.6. The maximum Gasteiger partial charge on any atom is 0.238 e. The molecule has 0 atom stereocenters. The zero-order valence-electron chi connectivity index (χ0n) is 16.4. The van der Waals surface area contributed by atoms with Gasteiger partial charge < -0.3 is 14.8 Å². The smallest absolute Gasteiger partial charge is 0.238 e. The van der Waals surface area contributed by atoms with Crippen LogP contribution in [0.25, 0.3) is 0 Å². The van der Waals surface area contributed by atoms with Gasteiger partial charge >= 0.3 is 0 Å². The molecule has 1 amide bonds. The van der Waals surface area contributed by atoms with Crippen molar-refractivity contribution < 1.29 is 14.3 Å². The van der Waals surface area contributed by atoms with Crippen molar-refractivity contribution in [2.24, 2.45) is 0 Å². The van der Waals surface area contributed by atoms with Crippen LogP contribution in [-0.4, -0.2) is 31.2 Å². The number of hydrogen-bond acceptors (Lipinski definition) is 4. The lowest BCUT2D eigenvalue weighted by Crippen LogP contribution is -2.30. The minimum absolute atomic E-state index is 0.0336. The summed E-state index contributed by atoms with van der Waals surface area (Å²) < 4.78 is 10.8. The van der Waals surface area contributed by atoms with Gasteiger partial charge in [-0.25, -0.2) is 0 Å². The lowest BCUT2D eigenvalue weighted by Gasteiger charge is -2.18. The topological polar surface area (TPSA) is 50.8 Å². The van der Waals surface area contributed by atoms with Crippen molar-refractivity contribution in [1.82, 2.24) is 4.90 Å². The van der Waals surface area contributed by atoms with Crippen molar-refractivity contribution in [3.05, 3.63) is 89.5 Å². The van der Waals surface area contributed by atoms with E-state index in [0.717, 1.165) is 34.7 Å². The number of rotatable bonds is 7. The molecule has 1 heterocycles. The van der Waals surface area contributed by atoms with E-state index in [1.807, 2.05) is 66.5 Å². The van der Waals surface area contributed by atoms with E-state index in [9.17, 15) is 4.79 Å². The zero-order valence-corrected chi connectivity index (χ0v) is 16.4. The van der Waals surface area contributed by atoms with Gasteiger partial charge in [0.1, 0.15) is 0 Å². The monoisotopic (exact) mass is 388 g/mol. The van der Waals surface area contributed by atoms with E-state index in [2.05, 4.69) is 23.5 Å². The Morgan fingerprint density at radius 2 is 1.69 bits per heavy atom. The largest absolute Gasteiger partial charge is 0.454 e. The average molecular weight is 388 g/mol. The molecule has 0 saturated heterocycles. The molecular formula is C24H24N2O3. The highest BCUT2D eigenvalue weighted by molar-refractivity contribution is 5.93. The molecule has 0 saturated carbocycles. The number of hydrogen-bond donors (Lipinski definition) is 1. The number of carbonyl (C=O) groups is 1. The third-order valence-corrected chi connectivity index (χ3v) is 4.83. The Bertz CT molecular complexity index is 988. The van der Waals surface area contributed by atoms with Gasteiger partial charge in [0.05, 0.1) is 6.54 Å².